The summed E-state index contributed by atoms with van der Waals surface area (Å²) in [7, 11) is 0. The Hall–Kier alpha value is -1.77. The number of nitrogens with zero attached hydrogens (tertiary/aromatic N) is 1. The minimum Gasteiger partial charge on any atom is -0.478 e. The van der Waals surface area contributed by atoms with Crippen LogP contribution in [0.3, 0.4) is 0 Å². The molecule has 2 rings (SSSR count). The molecule has 1 aromatic heterocycles. The van der Waals surface area contributed by atoms with Gasteiger partial charge in [-0.15, -0.1) is 0 Å². The third kappa shape index (κ3) is 2.50. The minimum atomic E-state index is -0.865. The Morgan fingerprint density at radius 3 is 2.53 bits per heavy atom. The van der Waals surface area contributed by atoms with Crippen LogP contribution in [0.15, 0.2) is 24.4 Å². The van der Waals surface area contributed by atoms with E-state index in [-0.39, 0.29) is 5.41 Å². The van der Waals surface area contributed by atoms with Crippen LogP contribution in [-0.4, -0.2) is 15.6 Å². The molecule has 3 heteroatoms. The van der Waals surface area contributed by atoms with Crippen LogP contribution in [0.2, 0.25) is 0 Å². The van der Waals surface area contributed by atoms with E-state index in [0.29, 0.717) is 5.56 Å². The second kappa shape index (κ2) is 4.72. The average molecular weight is 259 g/mol. The van der Waals surface area contributed by atoms with Crippen molar-refractivity contribution in [1.29, 1.82) is 0 Å². The van der Waals surface area contributed by atoms with E-state index >= 15 is 0 Å². The highest BCUT2D eigenvalue weighted by molar-refractivity contribution is 5.95. The Labute approximate surface area is 113 Å². The lowest BCUT2D eigenvalue weighted by molar-refractivity contribution is 0.0697. The highest BCUT2D eigenvalue weighted by atomic mass is 16.4. The summed E-state index contributed by atoms with van der Waals surface area (Å²) in [6.07, 6.45) is 3.11. The largest absolute Gasteiger partial charge is 0.478 e. The molecule has 0 fully saturated rings. The van der Waals surface area contributed by atoms with E-state index in [1.807, 2.05) is 12.1 Å². The smallest absolute Gasteiger partial charge is 0.335 e. The van der Waals surface area contributed by atoms with Gasteiger partial charge in [0.05, 0.1) is 11.1 Å². The summed E-state index contributed by atoms with van der Waals surface area (Å²) in [6, 6.07) is 5.59. The summed E-state index contributed by atoms with van der Waals surface area (Å²) < 4.78 is 2.22. The van der Waals surface area contributed by atoms with Gasteiger partial charge in [-0.3, -0.25) is 0 Å². The van der Waals surface area contributed by atoms with Crippen molar-refractivity contribution in [3.05, 3.63) is 35.5 Å². The number of fused-ring (bicyclic) bond motifs is 1. The number of hydrogen-bond acceptors (Lipinski definition) is 1. The molecule has 2 aromatic rings. The molecule has 3 nitrogen and oxygen atoms in total. The van der Waals surface area contributed by atoms with E-state index in [1.165, 1.54) is 5.52 Å². The van der Waals surface area contributed by atoms with Gasteiger partial charge in [0.25, 0.3) is 0 Å². The average Bonchev–Trinajstić information content (AvgIpc) is 2.70. The number of hydrogen-bond donors (Lipinski definition) is 1. The second-order valence-electron chi connectivity index (χ2n) is 6.03. The quantitative estimate of drug-likeness (QED) is 0.903. The Kier molecular flexibility index (Phi) is 3.40. The molecule has 0 aliphatic heterocycles. The summed E-state index contributed by atoms with van der Waals surface area (Å²) in [5.41, 5.74) is 2.56. The van der Waals surface area contributed by atoms with Gasteiger partial charge in [-0.25, -0.2) is 4.79 Å². The predicted octanol–water partition coefficient (Wildman–Crippen LogP) is 4.05. The van der Waals surface area contributed by atoms with Gasteiger partial charge in [-0.2, -0.15) is 0 Å². The number of carboxylic acids is 1. The summed E-state index contributed by atoms with van der Waals surface area (Å²) in [5.74, 6) is -0.865. The van der Waals surface area contributed by atoms with Crippen molar-refractivity contribution in [2.24, 2.45) is 0 Å². The lowest BCUT2D eigenvalue weighted by Crippen LogP contribution is -2.15. The molecule has 1 heterocycles. The number of carbonyl (C=O) groups is 1. The monoisotopic (exact) mass is 259 g/mol. The Balaban J connectivity index is 2.78. The molecule has 0 radical (unpaired) electrons. The van der Waals surface area contributed by atoms with Gasteiger partial charge in [0.15, 0.2) is 0 Å². The number of aryl methyl sites for hydroxylation is 1. The summed E-state index contributed by atoms with van der Waals surface area (Å²) in [4.78, 5) is 11.2. The number of aromatic carboxylic acids is 1. The highest BCUT2D eigenvalue weighted by Crippen LogP contribution is 2.32. The van der Waals surface area contributed by atoms with Gasteiger partial charge >= 0.3 is 5.97 Å². The molecule has 0 saturated heterocycles. The molecule has 0 bridgehead atoms. The maximum absolute atomic E-state index is 11.2. The summed E-state index contributed by atoms with van der Waals surface area (Å²) in [6.45, 7) is 9.47. The summed E-state index contributed by atoms with van der Waals surface area (Å²) in [5, 5.41) is 10.3. The first-order valence-electron chi connectivity index (χ1n) is 6.71. The number of benzene rings is 1. The minimum absolute atomic E-state index is 0.0758. The van der Waals surface area contributed by atoms with Crippen molar-refractivity contribution in [2.75, 3.05) is 0 Å². The Bertz CT molecular complexity index is 617. The molecule has 0 aliphatic rings. The maximum atomic E-state index is 11.2. The van der Waals surface area contributed by atoms with Crippen molar-refractivity contribution in [3.63, 3.8) is 0 Å². The number of carboxylic acid groups (broad SMARTS) is 1. The first-order valence-corrected chi connectivity index (χ1v) is 6.71. The first-order chi connectivity index (χ1) is 8.84. The lowest BCUT2D eigenvalue weighted by atomic mass is 9.84. The van der Waals surface area contributed by atoms with Crippen molar-refractivity contribution < 1.29 is 9.90 Å². The van der Waals surface area contributed by atoms with Crippen LogP contribution >= 0.6 is 0 Å². The zero-order chi connectivity index (χ0) is 14.2. The maximum Gasteiger partial charge on any atom is 0.335 e. The molecule has 0 amide bonds. The van der Waals surface area contributed by atoms with Crippen LogP contribution in [0, 0.1) is 0 Å². The fraction of sp³-hybridized carbons (Fsp3) is 0.438. The fourth-order valence-corrected chi connectivity index (χ4v) is 2.47. The highest BCUT2D eigenvalue weighted by Gasteiger charge is 2.21. The van der Waals surface area contributed by atoms with Crippen molar-refractivity contribution in [2.45, 2.75) is 46.1 Å². The van der Waals surface area contributed by atoms with Crippen LogP contribution in [0.5, 0.6) is 0 Å². The van der Waals surface area contributed by atoms with Gasteiger partial charge in [-0.05, 0) is 35.6 Å². The molecule has 1 N–H and O–H groups in total. The van der Waals surface area contributed by atoms with Crippen LogP contribution in [0.1, 0.15) is 50.0 Å². The van der Waals surface area contributed by atoms with E-state index in [4.69, 9.17) is 0 Å². The third-order valence-corrected chi connectivity index (χ3v) is 3.38. The van der Waals surface area contributed by atoms with E-state index in [9.17, 15) is 9.90 Å². The first kappa shape index (κ1) is 13.7. The normalized spacial score (nSPS) is 12.0. The molecule has 0 aliphatic carbocycles. The topological polar surface area (TPSA) is 42.2 Å². The summed E-state index contributed by atoms with van der Waals surface area (Å²) >= 11 is 0. The molecule has 102 valence electrons. The van der Waals surface area contributed by atoms with Gasteiger partial charge in [0.2, 0.25) is 0 Å². The Morgan fingerprint density at radius 2 is 2.00 bits per heavy atom. The van der Waals surface area contributed by atoms with E-state index in [2.05, 4.69) is 38.5 Å². The zero-order valence-corrected chi connectivity index (χ0v) is 12.0. The molecule has 0 atom stereocenters. The molecule has 0 spiro atoms. The molecular weight excluding hydrogens is 238 g/mol. The third-order valence-electron chi connectivity index (χ3n) is 3.38. The molecule has 19 heavy (non-hydrogen) atoms. The van der Waals surface area contributed by atoms with Gasteiger partial charge in [0, 0.05) is 18.1 Å². The number of aromatic nitrogens is 1. The van der Waals surface area contributed by atoms with Crippen LogP contribution in [-0.2, 0) is 12.0 Å². The van der Waals surface area contributed by atoms with Crippen LogP contribution in [0.25, 0.3) is 10.9 Å². The van der Waals surface area contributed by atoms with E-state index in [1.54, 1.807) is 6.07 Å². The Morgan fingerprint density at radius 1 is 1.32 bits per heavy atom. The number of rotatable bonds is 3. The predicted molar refractivity (Wildman–Crippen MR) is 77.9 cm³/mol. The van der Waals surface area contributed by atoms with Crippen molar-refractivity contribution >= 4 is 16.9 Å². The molecular formula is C16H21NO2. The fourth-order valence-electron chi connectivity index (χ4n) is 2.47. The van der Waals surface area contributed by atoms with E-state index in [0.717, 1.165) is 23.9 Å². The van der Waals surface area contributed by atoms with E-state index < -0.39 is 5.97 Å². The van der Waals surface area contributed by atoms with Crippen LogP contribution < -0.4 is 0 Å². The lowest BCUT2D eigenvalue weighted by Gasteiger charge is -2.22. The zero-order valence-electron chi connectivity index (χ0n) is 12.0. The van der Waals surface area contributed by atoms with Crippen molar-refractivity contribution in [3.8, 4) is 0 Å². The standard InChI is InChI=1S/C16H21NO2/c1-5-7-17-8-6-11-9-12(15(18)19)10-13(14(11)17)16(2,3)4/h6,8-10H,5,7H2,1-4H3,(H,18,19). The van der Waals surface area contributed by atoms with Gasteiger partial charge in [-0.1, -0.05) is 27.7 Å². The molecule has 0 saturated carbocycles. The molecule has 1 aromatic carbocycles. The van der Waals surface area contributed by atoms with Crippen LogP contribution in [0.4, 0.5) is 0 Å². The SMILES string of the molecule is CCCn1ccc2cc(C(=O)O)cc(C(C)(C)C)c21. The second-order valence-corrected chi connectivity index (χ2v) is 6.03. The van der Waals surface area contributed by atoms with Gasteiger partial charge < -0.3 is 9.67 Å². The van der Waals surface area contributed by atoms with Gasteiger partial charge in [0.1, 0.15) is 0 Å². The molecule has 0 unspecified atom stereocenters. The van der Waals surface area contributed by atoms with Crippen molar-refractivity contribution in [1.82, 2.24) is 4.57 Å².